The van der Waals surface area contributed by atoms with Gasteiger partial charge >= 0.3 is 6.18 Å². The highest BCUT2D eigenvalue weighted by Gasteiger charge is 2.37. The highest BCUT2D eigenvalue weighted by atomic mass is 19.4. The second-order valence-electron chi connectivity index (χ2n) is 8.81. The van der Waals surface area contributed by atoms with Gasteiger partial charge in [0.15, 0.2) is 0 Å². The van der Waals surface area contributed by atoms with E-state index in [0.717, 1.165) is 34.5 Å². The van der Waals surface area contributed by atoms with Gasteiger partial charge in [0.25, 0.3) is 0 Å². The molecule has 2 aromatic carbocycles. The van der Waals surface area contributed by atoms with Crippen molar-refractivity contribution in [3.63, 3.8) is 0 Å². The molecule has 2 amide bonds. The van der Waals surface area contributed by atoms with Gasteiger partial charge in [-0.05, 0) is 56.2 Å². The molecule has 190 valence electrons. The van der Waals surface area contributed by atoms with E-state index >= 15 is 0 Å². The number of hydrogen-bond donors (Lipinski definition) is 1. The van der Waals surface area contributed by atoms with Crippen LogP contribution in [0.4, 0.5) is 18.9 Å². The number of rotatable bonds is 8. The highest BCUT2D eigenvalue weighted by molar-refractivity contribution is 5.97. The summed E-state index contributed by atoms with van der Waals surface area (Å²) in [6.45, 7) is 5.74. The van der Waals surface area contributed by atoms with E-state index in [1.165, 1.54) is 17.0 Å². The van der Waals surface area contributed by atoms with Crippen LogP contribution in [0.3, 0.4) is 0 Å². The van der Waals surface area contributed by atoms with E-state index in [4.69, 9.17) is 0 Å². The van der Waals surface area contributed by atoms with Crippen LogP contribution in [-0.4, -0.2) is 28.8 Å². The minimum absolute atomic E-state index is 0.233. The molecular formula is C28H30F3N3O2. The molecule has 2 atom stereocenters. The van der Waals surface area contributed by atoms with Crippen LogP contribution in [0.15, 0.2) is 60.8 Å². The van der Waals surface area contributed by atoms with Crippen LogP contribution in [0, 0.1) is 13.8 Å². The standard InChI is InChI=1S/C28H30F3N3O2/c1-6-9-23-19(3)33(4)16-24(23)26(34(5)17-35)25(22-11-8-7-10-18(22)2)27(36)32-21-14-12-20(13-15-21)28(29,30)31/h6-17,25-26H,1-5H3,(H,32,36)/b9-6-. The molecule has 0 fully saturated rings. The average molecular weight is 498 g/mol. The highest BCUT2D eigenvalue weighted by Crippen LogP contribution is 2.40. The normalized spacial score (nSPS) is 13.4. The average Bonchev–Trinajstić information content (AvgIpc) is 3.10. The van der Waals surface area contributed by atoms with E-state index in [9.17, 15) is 22.8 Å². The zero-order valence-corrected chi connectivity index (χ0v) is 20.9. The number of allylic oxidation sites excluding steroid dienone is 1. The van der Waals surface area contributed by atoms with Crippen LogP contribution in [0.1, 0.15) is 52.4 Å². The number of aromatic nitrogens is 1. The number of likely N-dealkylation sites (N-methyl/N-ethyl adjacent to an activating group) is 1. The molecule has 0 aliphatic carbocycles. The molecule has 8 heteroatoms. The molecule has 0 radical (unpaired) electrons. The van der Waals surface area contributed by atoms with Gasteiger partial charge in [-0.2, -0.15) is 13.2 Å². The van der Waals surface area contributed by atoms with E-state index in [1.54, 1.807) is 7.05 Å². The smallest absolute Gasteiger partial charge is 0.354 e. The number of nitrogens with one attached hydrogen (secondary N) is 1. The van der Waals surface area contributed by atoms with Crippen molar-refractivity contribution in [1.82, 2.24) is 9.47 Å². The zero-order chi connectivity index (χ0) is 26.6. The molecular weight excluding hydrogens is 467 g/mol. The van der Waals surface area contributed by atoms with Crippen LogP contribution >= 0.6 is 0 Å². The summed E-state index contributed by atoms with van der Waals surface area (Å²) in [7, 11) is 3.52. The second-order valence-corrected chi connectivity index (χ2v) is 8.81. The number of anilines is 1. The summed E-state index contributed by atoms with van der Waals surface area (Å²) in [5.74, 6) is -1.27. The number of halogens is 3. The lowest BCUT2D eigenvalue weighted by atomic mass is 9.82. The minimum Gasteiger partial charge on any atom is -0.354 e. The van der Waals surface area contributed by atoms with Crippen molar-refractivity contribution < 1.29 is 22.8 Å². The Balaban J connectivity index is 2.15. The van der Waals surface area contributed by atoms with Gasteiger partial charge in [0.05, 0.1) is 17.5 Å². The van der Waals surface area contributed by atoms with Crippen molar-refractivity contribution in [3.05, 3.63) is 94.3 Å². The fraction of sp³-hybridized carbons (Fsp3) is 0.286. The van der Waals surface area contributed by atoms with Gasteiger partial charge in [0.2, 0.25) is 12.3 Å². The third-order valence-corrected chi connectivity index (χ3v) is 6.42. The molecule has 3 aromatic rings. The summed E-state index contributed by atoms with van der Waals surface area (Å²) in [6.07, 6.45) is 1.96. The lowest BCUT2D eigenvalue weighted by Gasteiger charge is -2.33. The van der Waals surface area contributed by atoms with Gasteiger partial charge in [-0.15, -0.1) is 0 Å². The Bertz CT molecular complexity index is 1260. The fourth-order valence-electron chi connectivity index (χ4n) is 4.45. The lowest BCUT2D eigenvalue weighted by molar-refractivity contribution is -0.137. The monoisotopic (exact) mass is 497 g/mol. The first-order chi connectivity index (χ1) is 17.0. The maximum atomic E-state index is 13.8. The second kappa shape index (κ2) is 10.8. The zero-order valence-electron chi connectivity index (χ0n) is 20.9. The molecule has 1 N–H and O–H groups in total. The quantitative estimate of drug-likeness (QED) is 0.374. The van der Waals surface area contributed by atoms with Crippen molar-refractivity contribution in [3.8, 4) is 0 Å². The molecule has 5 nitrogen and oxygen atoms in total. The predicted octanol–water partition coefficient (Wildman–Crippen LogP) is 6.25. The van der Waals surface area contributed by atoms with E-state index in [0.29, 0.717) is 12.0 Å². The molecule has 36 heavy (non-hydrogen) atoms. The van der Waals surface area contributed by atoms with Crippen molar-refractivity contribution in [2.75, 3.05) is 12.4 Å². The SMILES string of the molecule is C/C=C\c1c(C(C(C(=O)Nc2ccc(C(F)(F)F)cc2)c2ccccc2C)N(C)C=O)cn(C)c1C. The van der Waals surface area contributed by atoms with Crippen molar-refractivity contribution in [2.24, 2.45) is 7.05 Å². The van der Waals surface area contributed by atoms with E-state index in [-0.39, 0.29) is 5.69 Å². The minimum atomic E-state index is -4.47. The third kappa shape index (κ3) is 5.53. The Hall–Kier alpha value is -3.81. The Morgan fingerprint density at radius 2 is 1.69 bits per heavy atom. The first-order valence-corrected chi connectivity index (χ1v) is 11.5. The van der Waals surface area contributed by atoms with Gasteiger partial charge in [0, 0.05) is 42.8 Å². The summed E-state index contributed by atoms with van der Waals surface area (Å²) in [6, 6.07) is 11.0. The Morgan fingerprint density at radius 1 is 1.06 bits per heavy atom. The van der Waals surface area contributed by atoms with Gasteiger partial charge in [0.1, 0.15) is 0 Å². The van der Waals surface area contributed by atoms with Crippen molar-refractivity contribution in [2.45, 2.75) is 38.9 Å². The molecule has 0 bridgehead atoms. The molecule has 1 aromatic heterocycles. The Kier molecular flexibility index (Phi) is 8.07. The molecule has 0 aliphatic rings. The largest absolute Gasteiger partial charge is 0.416 e. The molecule has 0 aliphatic heterocycles. The number of alkyl halides is 3. The number of amides is 2. The first-order valence-electron chi connectivity index (χ1n) is 11.5. The van der Waals surface area contributed by atoms with E-state index in [2.05, 4.69) is 5.32 Å². The van der Waals surface area contributed by atoms with Crippen molar-refractivity contribution >= 4 is 24.1 Å². The molecule has 3 rings (SSSR count). The van der Waals surface area contributed by atoms with Crippen LogP contribution in [0.25, 0.3) is 6.08 Å². The number of aryl methyl sites for hydroxylation is 2. The van der Waals surface area contributed by atoms with Crippen LogP contribution in [0.5, 0.6) is 0 Å². The Labute approximate surface area is 209 Å². The van der Waals surface area contributed by atoms with Gasteiger partial charge in [-0.3, -0.25) is 9.59 Å². The number of hydrogen-bond acceptors (Lipinski definition) is 2. The van der Waals surface area contributed by atoms with E-state index < -0.39 is 29.6 Å². The maximum absolute atomic E-state index is 13.8. The maximum Gasteiger partial charge on any atom is 0.416 e. The topological polar surface area (TPSA) is 54.3 Å². The first kappa shape index (κ1) is 26.8. The van der Waals surface area contributed by atoms with Gasteiger partial charge in [-0.1, -0.05) is 36.4 Å². The van der Waals surface area contributed by atoms with Gasteiger partial charge < -0.3 is 14.8 Å². The molecule has 0 saturated carbocycles. The number of nitrogens with zero attached hydrogens (tertiary/aromatic N) is 2. The third-order valence-electron chi connectivity index (χ3n) is 6.42. The van der Waals surface area contributed by atoms with E-state index in [1.807, 2.05) is 75.0 Å². The summed E-state index contributed by atoms with van der Waals surface area (Å²) in [5, 5.41) is 2.77. The van der Waals surface area contributed by atoms with Crippen molar-refractivity contribution in [1.29, 1.82) is 0 Å². The van der Waals surface area contributed by atoms with Gasteiger partial charge in [-0.25, -0.2) is 0 Å². The van der Waals surface area contributed by atoms with Crippen LogP contribution in [0.2, 0.25) is 0 Å². The number of carbonyl (C=O) groups is 2. The summed E-state index contributed by atoms with van der Waals surface area (Å²) in [4.78, 5) is 27.4. The molecule has 0 saturated heterocycles. The molecule has 0 spiro atoms. The fourth-order valence-corrected chi connectivity index (χ4v) is 4.45. The predicted molar refractivity (Wildman–Crippen MR) is 135 cm³/mol. The van der Waals surface area contributed by atoms with Crippen LogP contribution < -0.4 is 5.32 Å². The van der Waals surface area contributed by atoms with Crippen LogP contribution in [-0.2, 0) is 22.8 Å². The number of benzene rings is 2. The lowest BCUT2D eigenvalue weighted by Crippen LogP contribution is -2.36. The molecule has 2 unspecified atom stereocenters. The Morgan fingerprint density at radius 3 is 2.25 bits per heavy atom. The summed E-state index contributed by atoms with van der Waals surface area (Å²) < 4.78 is 40.9. The number of carbonyl (C=O) groups excluding carboxylic acids is 2. The summed E-state index contributed by atoms with van der Waals surface area (Å²) >= 11 is 0. The summed E-state index contributed by atoms with van der Waals surface area (Å²) in [5.41, 5.74) is 3.67. The molecule has 1 heterocycles.